The van der Waals surface area contributed by atoms with Crippen LogP contribution in [0.15, 0.2) is 66.7 Å². The molecule has 0 saturated heterocycles. The second kappa shape index (κ2) is 10.5. The van der Waals surface area contributed by atoms with Crippen LogP contribution >= 0.6 is 35.6 Å². The van der Waals surface area contributed by atoms with Crippen LogP contribution in [-0.2, 0) is 19.5 Å². The number of fused-ring (bicyclic) bond motifs is 1. The molecule has 0 aliphatic heterocycles. The van der Waals surface area contributed by atoms with Gasteiger partial charge in [0.25, 0.3) is 0 Å². The van der Waals surface area contributed by atoms with Crippen molar-refractivity contribution < 1.29 is 4.39 Å². The van der Waals surface area contributed by atoms with E-state index in [1.165, 1.54) is 28.2 Å². The molecule has 6 heteroatoms. The van der Waals surface area contributed by atoms with E-state index in [0.717, 1.165) is 17.7 Å². The molecule has 0 radical (unpaired) electrons. The molecular weight excluding hydrogens is 454 g/mol. The summed E-state index contributed by atoms with van der Waals surface area (Å²) in [6.45, 7) is 4.25. The van der Waals surface area contributed by atoms with Gasteiger partial charge < -0.3 is 9.88 Å². The highest BCUT2D eigenvalue weighted by molar-refractivity contribution is 6.35. The molecule has 0 saturated carbocycles. The summed E-state index contributed by atoms with van der Waals surface area (Å²) in [7, 11) is 0. The van der Waals surface area contributed by atoms with Gasteiger partial charge in [-0.25, -0.2) is 4.39 Å². The third-order valence-corrected chi connectivity index (χ3v) is 6.12. The first-order valence-electron chi connectivity index (χ1n) is 9.99. The van der Waals surface area contributed by atoms with E-state index < -0.39 is 0 Å². The Morgan fingerprint density at radius 2 is 1.68 bits per heavy atom. The largest absolute Gasteiger partial charge is 0.340 e. The van der Waals surface area contributed by atoms with Gasteiger partial charge in [-0.05, 0) is 60.8 Å². The van der Waals surface area contributed by atoms with Gasteiger partial charge in [-0.15, -0.1) is 12.4 Å². The Morgan fingerprint density at radius 3 is 2.45 bits per heavy atom. The lowest BCUT2D eigenvalue weighted by Gasteiger charge is -2.11. The maximum Gasteiger partial charge on any atom is 0.126 e. The third kappa shape index (κ3) is 5.24. The van der Waals surface area contributed by atoms with Crippen LogP contribution in [-0.4, -0.2) is 11.1 Å². The standard InChI is InChI=1S/C25H23Cl2FN2.ClH/c1-17-22(15-29-13-12-18-6-2-4-8-24(18)28)21-7-3-5-9-25(21)30(17)16-19-10-11-20(26)14-23(19)27;/h2-11,14,29H,12-13,15-16H2,1H3;1H. The zero-order valence-electron chi connectivity index (χ0n) is 17.2. The smallest absolute Gasteiger partial charge is 0.126 e. The average molecular weight is 478 g/mol. The molecule has 1 N–H and O–H groups in total. The van der Waals surface area contributed by atoms with Crippen LogP contribution in [0, 0.1) is 12.7 Å². The number of halogens is 4. The molecule has 0 unspecified atom stereocenters. The second-order valence-corrected chi connectivity index (χ2v) is 8.26. The normalized spacial score (nSPS) is 11.0. The van der Waals surface area contributed by atoms with Crippen molar-refractivity contribution in [1.29, 1.82) is 0 Å². The number of aromatic nitrogens is 1. The quantitative estimate of drug-likeness (QED) is 0.279. The minimum Gasteiger partial charge on any atom is -0.340 e. The van der Waals surface area contributed by atoms with Crippen LogP contribution in [0.2, 0.25) is 10.0 Å². The molecule has 31 heavy (non-hydrogen) atoms. The van der Waals surface area contributed by atoms with Crippen molar-refractivity contribution in [3.63, 3.8) is 0 Å². The third-order valence-electron chi connectivity index (χ3n) is 5.54. The summed E-state index contributed by atoms with van der Waals surface area (Å²) in [5, 5.41) is 6.01. The maximum atomic E-state index is 13.8. The van der Waals surface area contributed by atoms with Gasteiger partial charge in [0.1, 0.15) is 5.82 Å². The lowest BCUT2D eigenvalue weighted by molar-refractivity contribution is 0.597. The highest BCUT2D eigenvalue weighted by atomic mass is 35.5. The van der Waals surface area contributed by atoms with E-state index in [1.54, 1.807) is 12.1 Å². The molecule has 0 aliphatic rings. The molecule has 0 spiro atoms. The summed E-state index contributed by atoms with van der Waals surface area (Å²) in [6, 6.07) is 21.0. The van der Waals surface area contributed by atoms with Gasteiger partial charge in [0, 0.05) is 39.7 Å². The fraction of sp³-hybridized carbons (Fsp3) is 0.200. The molecule has 4 rings (SSSR count). The van der Waals surface area contributed by atoms with E-state index in [-0.39, 0.29) is 18.2 Å². The number of nitrogens with zero attached hydrogens (tertiary/aromatic N) is 1. The molecule has 1 heterocycles. The Kier molecular flexibility index (Phi) is 8.01. The molecule has 2 nitrogen and oxygen atoms in total. The van der Waals surface area contributed by atoms with E-state index in [1.807, 2.05) is 24.3 Å². The van der Waals surface area contributed by atoms with Gasteiger partial charge in [-0.1, -0.05) is 65.7 Å². The number of nitrogens with one attached hydrogen (secondary N) is 1. The molecule has 0 atom stereocenters. The molecule has 1 aromatic heterocycles. The Balaban J connectivity index is 0.00000272. The summed E-state index contributed by atoms with van der Waals surface area (Å²) in [5.74, 6) is -0.146. The van der Waals surface area contributed by atoms with E-state index >= 15 is 0 Å². The highest BCUT2D eigenvalue weighted by Crippen LogP contribution is 2.29. The van der Waals surface area contributed by atoms with Gasteiger partial charge in [0.05, 0.1) is 0 Å². The number of benzene rings is 3. The Labute approximate surface area is 198 Å². The minimum absolute atomic E-state index is 0. The van der Waals surface area contributed by atoms with Crippen molar-refractivity contribution in [3.8, 4) is 0 Å². The second-order valence-electron chi connectivity index (χ2n) is 7.42. The zero-order chi connectivity index (χ0) is 21.1. The predicted molar refractivity (Wildman–Crippen MR) is 131 cm³/mol. The summed E-state index contributed by atoms with van der Waals surface area (Å²) in [6.07, 6.45) is 0.657. The van der Waals surface area contributed by atoms with Crippen LogP contribution in [0.3, 0.4) is 0 Å². The van der Waals surface area contributed by atoms with Gasteiger partial charge in [0.15, 0.2) is 0 Å². The van der Waals surface area contributed by atoms with Gasteiger partial charge >= 0.3 is 0 Å². The molecule has 0 fully saturated rings. The summed E-state index contributed by atoms with van der Waals surface area (Å²) < 4.78 is 16.1. The van der Waals surface area contributed by atoms with E-state index in [9.17, 15) is 4.39 Å². The van der Waals surface area contributed by atoms with Crippen molar-refractivity contribution in [3.05, 3.63) is 105 Å². The first-order valence-corrected chi connectivity index (χ1v) is 10.7. The van der Waals surface area contributed by atoms with Crippen LogP contribution in [0.5, 0.6) is 0 Å². The Hall–Kier alpha value is -2.04. The molecule has 4 aromatic rings. The van der Waals surface area contributed by atoms with Crippen LogP contribution in [0.25, 0.3) is 10.9 Å². The van der Waals surface area contributed by atoms with Crippen molar-refractivity contribution in [2.24, 2.45) is 0 Å². The first-order chi connectivity index (χ1) is 14.5. The fourth-order valence-electron chi connectivity index (χ4n) is 3.89. The molecule has 0 amide bonds. The van der Waals surface area contributed by atoms with E-state index in [0.29, 0.717) is 29.6 Å². The van der Waals surface area contributed by atoms with Crippen molar-refractivity contribution >= 4 is 46.5 Å². The SMILES string of the molecule is Cc1c(CNCCc2ccccc2F)c2ccccc2n1Cc1ccc(Cl)cc1Cl.Cl. The van der Waals surface area contributed by atoms with Crippen LogP contribution in [0.4, 0.5) is 4.39 Å². The van der Waals surface area contributed by atoms with Crippen LogP contribution in [0.1, 0.15) is 22.4 Å². The zero-order valence-corrected chi connectivity index (χ0v) is 19.5. The number of hydrogen-bond donors (Lipinski definition) is 1. The number of hydrogen-bond acceptors (Lipinski definition) is 1. The highest BCUT2D eigenvalue weighted by Gasteiger charge is 2.15. The maximum absolute atomic E-state index is 13.8. The van der Waals surface area contributed by atoms with Crippen LogP contribution < -0.4 is 5.32 Å². The lowest BCUT2D eigenvalue weighted by Crippen LogP contribution is -2.17. The van der Waals surface area contributed by atoms with Gasteiger partial charge in [-0.3, -0.25) is 0 Å². The van der Waals surface area contributed by atoms with Crippen molar-refractivity contribution in [2.45, 2.75) is 26.4 Å². The topological polar surface area (TPSA) is 17.0 Å². The van der Waals surface area contributed by atoms with Gasteiger partial charge in [0.2, 0.25) is 0 Å². The average Bonchev–Trinajstić information content (AvgIpc) is 3.00. The Morgan fingerprint density at radius 1 is 0.935 bits per heavy atom. The Bertz CT molecular complexity index is 1190. The van der Waals surface area contributed by atoms with Crippen molar-refractivity contribution in [1.82, 2.24) is 9.88 Å². The molecule has 3 aromatic carbocycles. The van der Waals surface area contributed by atoms with E-state index in [4.69, 9.17) is 23.2 Å². The lowest BCUT2D eigenvalue weighted by atomic mass is 10.1. The summed E-state index contributed by atoms with van der Waals surface area (Å²) in [5.41, 5.74) is 5.39. The molecule has 0 aliphatic carbocycles. The predicted octanol–water partition coefficient (Wildman–Crippen LogP) is 7.20. The molecular formula is C25H24Cl3FN2. The number of rotatable bonds is 7. The summed E-state index contributed by atoms with van der Waals surface area (Å²) >= 11 is 12.5. The monoisotopic (exact) mass is 476 g/mol. The molecule has 162 valence electrons. The minimum atomic E-state index is -0.146. The van der Waals surface area contributed by atoms with Gasteiger partial charge in [-0.2, -0.15) is 0 Å². The molecule has 0 bridgehead atoms. The fourth-order valence-corrected chi connectivity index (χ4v) is 4.36. The number of para-hydroxylation sites is 1. The summed E-state index contributed by atoms with van der Waals surface area (Å²) in [4.78, 5) is 0. The van der Waals surface area contributed by atoms with E-state index in [2.05, 4.69) is 41.1 Å². The van der Waals surface area contributed by atoms with Crippen molar-refractivity contribution in [2.75, 3.05) is 6.54 Å². The first kappa shape index (κ1) is 23.6.